The Morgan fingerprint density at radius 3 is 2.70 bits per heavy atom. The fraction of sp³-hybridized carbons (Fsp3) is 0.333. The fourth-order valence-corrected chi connectivity index (χ4v) is 4.11. The van der Waals surface area contributed by atoms with E-state index in [1.807, 2.05) is 17.0 Å². The van der Waals surface area contributed by atoms with E-state index in [1.54, 1.807) is 24.5 Å². The number of ether oxygens (including phenoxy) is 1. The van der Waals surface area contributed by atoms with E-state index in [1.165, 1.54) is 12.1 Å². The molecule has 2 aromatic heterocycles. The number of carbonyl (C=O) groups is 1. The highest BCUT2D eigenvalue weighted by Gasteiger charge is 2.27. The summed E-state index contributed by atoms with van der Waals surface area (Å²) in [6, 6.07) is 9.96. The van der Waals surface area contributed by atoms with Crippen LogP contribution in [-0.2, 0) is 22.5 Å². The van der Waals surface area contributed by atoms with Gasteiger partial charge in [-0.2, -0.15) is 0 Å². The van der Waals surface area contributed by atoms with E-state index in [-0.39, 0.29) is 11.7 Å². The summed E-state index contributed by atoms with van der Waals surface area (Å²) in [7, 11) is 0. The topological polar surface area (TPSA) is 83.5 Å². The Labute approximate surface area is 191 Å². The van der Waals surface area contributed by atoms with Crippen LogP contribution >= 0.6 is 0 Å². The van der Waals surface area contributed by atoms with Crippen molar-refractivity contribution in [3.8, 4) is 11.4 Å². The van der Waals surface area contributed by atoms with Crippen LogP contribution in [0.25, 0.3) is 11.4 Å². The molecule has 1 N–H and O–H groups in total. The number of anilines is 2. The molecule has 1 amide bonds. The van der Waals surface area contributed by atoms with E-state index >= 15 is 0 Å². The first kappa shape index (κ1) is 21.4. The Hall–Kier alpha value is -3.43. The lowest BCUT2D eigenvalue weighted by Gasteiger charge is -2.33. The molecule has 0 radical (unpaired) electrons. The Kier molecular flexibility index (Phi) is 6.23. The van der Waals surface area contributed by atoms with Gasteiger partial charge in [0, 0.05) is 55.3 Å². The van der Waals surface area contributed by atoms with Crippen LogP contribution in [0.1, 0.15) is 11.3 Å². The highest BCUT2D eigenvalue weighted by molar-refractivity contribution is 5.79. The van der Waals surface area contributed by atoms with Crippen LogP contribution in [0.2, 0.25) is 0 Å². The Morgan fingerprint density at radius 2 is 1.91 bits per heavy atom. The zero-order valence-corrected chi connectivity index (χ0v) is 18.2. The number of benzene rings is 1. The lowest BCUT2D eigenvalue weighted by molar-refractivity contribution is -0.134. The number of halogens is 1. The molecule has 1 aromatic carbocycles. The van der Waals surface area contributed by atoms with Gasteiger partial charge in [0.1, 0.15) is 11.6 Å². The van der Waals surface area contributed by atoms with Gasteiger partial charge >= 0.3 is 0 Å². The zero-order chi connectivity index (χ0) is 22.6. The molecule has 1 saturated heterocycles. The normalized spacial score (nSPS) is 16.3. The quantitative estimate of drug-likeness (QED) is 0.642. The standard InChI is InChI=1S/C24H25FN6O2/c25-18-2-1-3-19(14-18)27-24-20-15-31(22(32)16-30-10-12-33-13-11-30)9-6-21(20)28-23(29-24)17-4-7-26-8-5-17/h1-5,7-8,14H,6,9-13,15-16H2,(H,27,28,29). The van der Waals surface area contributed by atoms with Gasteiger partial charge in [0.2, 0.25) is 5.91 Å². The summed E-state index contributed by atoms with van der Waals surface area (Å²) in [4.78, 5) is 30.6. The largest absolute Gasteiger partial charge is 0.379 e. The molecule has 170 valence electrons. The SMILES string of the molecule is O=C(CN1CCOCC1)N1CCc2nc(-c3ccncc3)nc(Nc3cccc(F)c3)c2C1. The van der Waals surface area contributed by atoms with Gasteiger partial charge in [-0.05, 0) is 30.3 Å². The maximum Gasteiger partial charge on any atom is 0.237 e. The average molecular weight is 449 g/mol. The molecule has 4 heterocycles. The monoisotopic (exact) mass is 448 g/mol. The highest BCUT2D eigenvalue weighted by Crippen LogP contribution is 2.29. The van der Waals surface area contributed by atoms with Crippen molar-refractivity contribution in [2.24, 2.45) is 0 Å². The summed E-state index contributed by atoms with van der Waals surface area (Å²) < 4.78 is 19.2. The third-order valence-corrected chi connectivity index (χ3v) is 5.90. The molecular formula is C24H25FN6O2. The van der Waals surface area contributed by atoms with E-state index in [9.17, 15) is 9.18 Å². The van der Waals surface area contributed by atoms with Gasteiger partial charge in [0.15, 0.2) is 5.82 Å². The molecule has 0 spiro atoms. The van der Waals surface area contributed by atoms with Crippen molar-refractivity contribution < 1.29 is 13.9 Å². The van der Waals surface area contributed by atoms with Crippen LogP contribution in [-0.4, -0.2) is 70.1 Å². The van der Waals surface area contributed by atoms with Gasteiger partial charge in [-0.3, -0.25) is 14.7 Å². The molecular weight excluding hydrogens is 423 g/mol. The number of morpholine rings is 1. The number of hydrogen-bond acceptors (Lipinski definition) is 7. The number of nitrogens with zero attached hydrogens (tertiary/aromatic N) is 5. The van der Waals surface area contributed by atoms with E-state index in [4.69, 9.17) is 14.7 Å². The summed E-state index contributed by atoms with van der Waals surface area (Å²) in [5.41, 5.74) is 3.19. The number of nitrogens with one attached hydrogen (secondary N) is 1. The maximum atomic E-state index is 13.8. The lowest BCUT2D eigenvalue weighted by atomic mass is 10.0. The van der Waals surface area contributed by atoms with Crippen molar-refractivity contribution >= 4 is 17.4 Å². The summed E-state index contributed by atoms with van der Waals surface area (Å²) in [5, 5.41) is 3.25. The summed E-state index contributed by atoms with van der Waals surface area (Å²) in [6.45, 7) is 4.23. The molecule has 0 aliphatic carbocycles. The molecule has 1 fully saturated rings. The van der Waals surface area contributed by atoms with Crippen LogP contribution < -0.4 is 5.32 Å². The predicted octanol–water partition coefficient (Wildman–Crippen LogP) is 2.64. The number of pyridine rings is 1. The van der Waals surface area contributed by atoms with Crippen molar-refractivity contribution in [3.63, 3.8) is 0 Å². The van der Waals surface area contributed by atoms with Crippen LogP contribution in [0.5, 0.6) is 0 Å². The minimum Gasteiger partial charge on any atom is -0.379 e. The number of fused-ring (bicyclic) bond motifs is 1. The molecule has 0 unspecified atom stereocenters. The maximum absolute atomic E-state index is 13.8. The Morgan fingerprint density at radius 1 is 1.09 bits per heavy atom. The van der Waals surface area contributed by atoms with Gasteiger partial charge in [-0.1, -0.05) is 6.07 Å². The molecule has 33 heavy (non-hydrogen) atoms. The third kappa shape index (κ3) is 4.99. The first-order chi connectivity index (χ1) is 16.2. The first-order valence-corrected chi connectivity index (χ1v) is 11.1. The molecule has 0 bridgehead atoms. The second kappa shape index (κ2) is 9.60. The minimum atomic E-state index is -0.334. The van der Waals surface area contributed by atoms with Crippen molar-refractivity contribution in [2.45, 2.75) is 13.0 Å². The van der Waals surface area contributed by atoms with Crippen molar-refractivity contribution in [2.75, 3.05) is 44.7 Å². The van der Waals surface area contributed by atoms with Gasteiger partial charge in [0.25, 0.3) is 0 Å². The lowest BCUT2D eigenvalue weighted by Crippen LogP contribution is -2.46. The van der Waals surface area contributed by atoms with Crippen molar-refractivity contribution in [3.05, 3.63) is 65.9 Å². The number of amides is 1. The van der Waals surface area contributed by atoms with Gasteiger partial charge < -0.3 is 15.0 Å². The molecule has 0 atom stereocenters. The van der Waals surface area contributed by atoms with Gasteiger partial charge in [-0.15, -0.1) is 0 Å². The van der Waals surface area contributed by atoms with Gasteiger partial charge in [-0.25, -0.2) is 14.4 Å². The van der Waals surface area contributed by atoms with E-state index < -0.39 is 0 Å². The van der Waals surface area contributed by atoms with Crippen LogP contribution in [0.4, 0.5) is 15.9 Å². The van der Waals surface area contributed by atoms with Crippen molar-refractivity contribution in [1.29, 1.82) is 0 Å². The van der Waals surface area contributed by atoms with Crippen molar-refractivity contribution in [1.82, 2.24) is 24.8 Å². The molecule has 0 saturated carbocycles. The zero-order valence-electron chi connectivity index (χ0n) is 18.2. The second-order valence-corrected chi connectivity index (χ2v) is 8.15. The van der Waals surface area contributed by atoms with E-state index in [2.05, 4.69) is 15.2 Å². The Balaban J connectivity index is 1.44. The summed E-state index contributed by atoms with van der Waals surface area (Å²) in [6.07, 6.45) is 4.02. The third-order valence-electron chi connectivity index (χ3n) is 5.90. The fourth-order valence-electron chi connectivity index (χ4n) is 4.11. The van der Waals surface area contributed by atoms with Crippen LogP contribution in [0, 0.1) is 5.82 Å². The highest BCUT2D eigenvalue weighted by atomic mass is 19.1. The molecule has 3 aromatic rings. The van der Waals surface area contributed by atoms with E-state index in [0.29, 0.717) is 56.6 Å². The van der Waals surface area contributed by atoms with Gasteiger partial charge in [0.05, 0.1) is 32.0 Å². The molecule has 5 rings (SSSR count). The van der Waals surface area contributed by atoms with Crippen LogP contribution in [0.3, 0.4) is 0 Å². The minimum absolute atomic E-state index is 0.0810. The summed E-state index contributed by atoms with van der Waals surface area (Å²) in [5.74, 6) is 0.904. The van der Waals surface area contributed by atoms with Crippen LogP contribution in [0.15, 0.2) is 48.8 Å². The number of aromatic nitrogens is 3. The second-order valence-electron chi connectivity index (χ2n) is 8.15. The molecule has 2 aliphatic heterocycles. The smallest absolute Gasteiger partial charge is 0.237 e. The summed E-state index contributed by atoms with van der Waals surface area (Å²) >= 11 is 0. The first-order valence-electron chi connectivity index (χ1n) is 11.1. The predicted molar refractivity (Wildman–Crippen MR) is 121 cm³/mol. The Bertz CT molecular complexity index is 1140. The number of carbonyl (C=O) groups excluding carboxylic acids is 1. The molecule has 2 aliphatic rings. The average Bonchev–Trinajstić information content (AvgIpc) is 2.85. The number of rotatable bonds is 5. The molecule has 8 nitrogen and oxygen atoms in total. The molecule has 9 heteroatoms. The number of hydrogen-bond donors (Lipinski definition) is 1. The van der Waals surface area contributed by atoms with E-state index in [0.717, 1.165) is 29.9 Å².